The zero-order valence-electron chi connectivity index (χ0n) is 9.62. The fraction of sp³-hybridized carbons (Fsp3) is 0.417. The van der Waals surface area contributed by atoms with E-state index < -0.39 is 0 Å². The van der Waals surface area contributed by atoms with Crippen molar-refractivity contribution in [2.45, 2.75) is 26.9 Å². The van der Waals surface area contributed by atoms with Crippen molar-refractivity contribution in [2.24, 2.45) is 0 Å². The van der Waals surface area contributed by atoms with Crippen LogP contribution < -0.4 is 4.74 Å². The summed E-state index contributed by atoms with van der Waals surface area (Å²) in [4.78, 5) is 11.2. The second-order valence-electron chi connectivity index (χ2n) is 3.74. The first kappa shape index (κ1) is 12.8. The number of carbonyl (C=O) groups excluding carboxylic acids is 1. The molecule has 0 unspecified atom stereocenters. The minimum atomic E-state index is -0.373. The Bertz CT molecular complexity index is 375. The summed E-state index contributed by atoms with van der Waals surface area (Å²) in [5.41, 5.74) is 0.913. The molecule has 0 amide bonds. The first-order chi connectivity index (χ1) is 7.49. The lowest BCUT2D eigenvalue weighted by atomic mass is 10.2. The van der Waals surface area contributed by atoms with Crippen molar-refractivity contribution in [3.63, 3.8) is 0 Å². The Morgan fingerprint density at radius 1 is 1.44 bits per heavy atom. The summed E-state index contributed by atoms with van der Waals surface area (Å²) in [6.07, 6.45) is -0.122. The van der Waals surface area contributed by atoms with Crippen LogP contribution in [0.5, 0.6) is 5.75 Å². The van der Waals surface area contributed by atoms with E-state index in [2.05, 4.69) is 0 Å². The van der Waals surface area contributed by atoms with Crippen molar-refractivity contribution in [1.29, 1.82) is 0 Å². The zero-order chi connectivity index (χ0) is 12.1. The Balaban J connectivity index is 2.48. The number of esters is 1. The van der Waals surface area contributed by atoms with Crippen LogP contribution in [0.2, 0.25) is 5.02 Å². The van der Waals surface area contributed by atoms with E-state index >= 15 is 0 Å². The van der Waals surface area contributed by atoms with Crippen LogP contribution in [0.3, 0.4) is 0 Å². The average molecular weight is 243 g/mol. The molecule has 0 fully saturated rings. The molecule has 0 heterocycles. The highest BCUT2D eigenvalue weighted by molar-refractivity contribution is 6.31. The molecule has 0 aliphatic heterocycles. The smallest absolute Gasteiger partial charge is 0.344 e. The number of rotatable bonds is 4. The first-order valence-corrected chi connectivity index (χ1v) is 5.45. The lowest BCUT2D eigenvalue weighted by molar-refractivity contribution is -0.149. The van der Waals surface area contributed by atoms with E-state index in [0.29, 0.717) is 10.8 Å². The molecule has 0 radical (unpaired) electrons. The molecule has 88 valence electrons. The summed E-state index contributed by atoms with van der Waals surface area (Å²) >= 11 is 5.87. The maximum atomic E-state index is 11.2. The maximum Gasteiger partial charge on any atom is 0.344 e. The summed E-state index contributed by atoms with van der Waals surface area (Å²) in [5, 5.41) is 0.678. The maximum absolute atomic E-state index is 11.2. The molecule has 1 aromatic rings. The van der Waals surface area contributed by atoms with Gasteiger partial charge in [-0.05, 0) is 44.5 Å². The van der Waals surface area contributed by atoms with Gasteiger partial charge in [0.15, 0.2) is 6.61 Å². The minimum Gasteiger partial charge on any atom is -0.482 e. The number of benzene rings is 1. The van der Waals surface area contributed by atoms with Crippen LogP contribution in [0, 0.1) is 6.92 Å². The zero-order valence-corrected chi connectivity index (χ0v) is 10.4. The fourth-order valence-corrected chi connectivity index (χ4v) is 1.26. The number of carbonyl (C=O) groups is 1. The van der Waals surface area contributed by atoms with Gasteiger partial charge >= 0.3 is 5.97 Å². The Kier molecular flexibility index (Phi) is 4.62. The van der Waals surface area contributed by atoms with Gasteiger partial charge in [0.2, 0.25) is 0 Å². The highest BCUT2D eigenvalue weighted by Crippen LogP contribution is 2.20. The Morgan fingerprint density at radius 2 is 2.12 bits per heavy atom. The van der Waals surface area contributed by atoms with Crippen molar-refractivity contribution in [1.82, 2.24) is 0 Å². The molecule has 4 heteroatoms. The molecule has 0 aromatic heterocycles. The van der Waals surface area contributed by atoms with Gasteiger partial charge in [-0.15, -0.1) is 0 Å². The molecular weight excluding hydrogens is 228 g/mol. The standard InChI is InChI=1S/C12H15ClO3/c1-8(2)16-12(14)7-15-10-4-5-11(13)9(3)6-10/h4-6,8H,7H2,1-3H3. The Hall–Kier alpha value is -1.22. The van der Waals surface area contributed by atoms with Gasteiger partial charge in [0, 0.05) is 5.02 Å². The number of aryl methyl sites for hydroxylation is 1. The van der Waals surface area contributed by atoms with Crippen molar-refractivity contribution in [3.8, 4) is 5.75 Å². The molecule has 3 nitrogen and oxygen atoms in total. The Morgan fingerprint density at radius 3 is 2.69 bits per heavy atom. The van der Waals surface area contributed by atoms with E-state index in [0.717, 1.165) is 5.56 Å². The van der Waals surface area contributed by atoms with E-state index in [4.69, 9.17) is 21.1 Å². The van der Waals surface area contributed by atoms with Crippen molar-refractivity contribution >= 4 is 17.6 Å². The van der Waals surface area contributed by atoms with Gasteiger partial charge in [-0.25, -0.2) is 4.79 Å². The van der Waals surface area contributed by atoms with E-state index in [-0.39, 0.29) is 18.7 Å². The molecule has 0 aliphatic carbocycles. The lowest BCUT2D eigenvalue weighted by Gasteiger charge is -2.09. The summed E-state index contributed by atoms with van der Waals surface area (Å²) in [6, 6.07) is 5.24. The SMILES string of the molecule is Cc1cc(OCC(=O)OC(C)C)ccc1Cl. The second-order valence-corrected chi connectivity index (χ2v) is 4.15. The number of ether oxygens (including phenoxy) is 2. The van der Waals surface area contributed by atoms with Gasteiger partial charge in [0.25, 0.3) is 0 Å². The molecule has 0 saturated heterocycles. The van der Waals surface area contributed by atoms with Crippen LogP contribution in [0.1, 0.15) is 19.4 Å². The Labute approximate surface area is 100 Å². The van der Waals surface area contributed by atoms with Crippen LogP contribution in [0.15, 0.2) is 18.2 Å². The highest BCUT2D eigenvalue weighted by Gasteiger charge is 2.06. The molecule has 0 N–H and O–H groups in total. The summed E-state index contributed by atoms with van der Waals surface area (Å²) in [7, 11) is 0. The van der Waals surface area contributed by atoms with Crippen LogP contribution in [-0.4, -0.2) is 18.7 Å². The van der Waals surface area contributed by atoms with Crippen LogP contribution in [0.25, 0.3) is 0 Å². The predicted molar refractivity (Wildman–Crippen MR) is 62.9 cm³/mol. The molecule has 1 aromatic carbocycles. The molecule has 0 aliphatic rings. The normalized spacial score (nSPS) is 10.3. The number of hydrogen-bond acceptors (Lipinski definition) is 3. The highest BCUT2D eigenvalue weighted by atomic mass is 35.5. The van der Waals surface area contributed by atoms with Crippen molar-refractivity contribution < 1.29 is 14.3 Å². The van der Waals surface area contributed by atoms with Crippen LogP contribution >= 0.6 is 11.6 Å². The third kappa shape index (κ3) is 4.11. The summed E-state index contributed by atoms with van der Waals surface area (Å²) in [5.74, 6) is 0.241. The summed E-state index contributed by atoms with van der Waals surface area (Å²) < 4.78 is 10.2. The summed E-state index contributed by atoms with van der Waals surface area (Å²) in [6.45, 7) is 5.38. The lowest BCUT2D eigenvalue weighted by Crippen LogP contribution is -2.18. The quantitative estimate of drug-likeness (QED) is 0.762. The van der Waals surface area contributed by atoms with Gasteiger partial charge < -0.3 is 9.47 Å². The average Bonchev–Trinajstić information content (AvgIpc) is 2.19. The number of halogens is 1. The molecule has 1 rings (SSSR count). The molecule has 16 heavy (non-hydrogen) atoms. The third-order valence-electron chi connectivity index (χ3n) is 1.85. The van der Waals surface area contributed by atoms with Gasteiger partial charge in [-0.2, -0.15) is 0 Å². The van der Waals surface area contributed by atoms with Gasteiger partial charge in [-0.1, -0.05) is 11.6 Å². The van der Waals surface area contributed by atoms with E-state index in [9.17, 15) is 4.79 Å². The molecule has 0 spiro atoms. The van der Waals surface area contributed by atoms with Crippen molar-refractivity contribution in [3.05, 3.63) is 28.8 Å². The first-order valence-electron chi connectivity index (χ1n) is 5.07. The largest absolute Gasteiger partial charge is 0.482 e. The molecule has 0 saturated carbocycles. The topological polar surface area (TPSA) is 35.5 Å². The van der Waals surface area contributed by atoms with E-state index in [1.807, 2.05) is 6.92 Å². The number of hydrogen-bond donors (Lipinski definition) is 0. The third-order valence-corrected chi connectivity index (χ3v) is 2.28. The van der Waals surface area contributed by atoms with E-state index in [1.54, 1.807) is 32.0 Å². The second kappa shape index (κ2) is 5.75. The van der Waals surface area contributed by atoms with E-state index in [1.165, 1.54) is 0 Å². The monoisotopic (exact) mass is 242 g/mol. The van der Waals surface area contributed by atoms with Crippen LogP contribution in [-0.2, 0) is 9.53 Å². The van der Waals surface area contributed by atoms with Crippen LogP contribution in [0.4, 0.5) is 0 Å². The van der Waals surface area contributed by atoms with Gasteiger partial charge in [0.1, 0.15) is 5.75 Å². The van der Waals surface area contributed by atoms with Crippen molar-refractivity contribution in [2.75, 3.05) is 6.61 Å². The van der Waals surface area contributed by atoms with Gasteiger partial charge in [-0.3, -0.25) is 0 Å². The molecular formula is C12H15ClO3. The molecule has 0 atom stereocenters. The van der Waals surface area contributed by atoms with Gasteiger partial charge in [0.05, 0.1) is 6.10 Å². The fourth-order valence-electron chi connectivity index (χ4n) is 1.15. The predicted octanol–water partition coefficient (Wildman–Crippen LogP) is 2.98. The molecule has 0 bridgehead atoms. The minimum absolute atomic E-state index is 0.0841.